The van der Waals surface area contributed by atoms with Crippen LogP contribution in [-0.2, 0) is 0 Å². The van der Waals surface area contributed by atoms with Crippen molar-refractivity contribution in [3.63, 3.8) is 0 Å². The van der Waals surface area contributed by atoms with E-state index in [4.69, 9.17) is 0 Å². The fourth-order valence-corrected chi connectivity index (χ4v) is 2.95. The van der Waals surface area contributed by atoms with Gasteiger partial charge in [-0.05, 0) is 29.7 Å². The van der Waals surface area contributed by atoms with Gasteiger partial charge in [-0.3, -0.25) is 4.79 Å². The van der Waals surface area contributed by atoms with Crippen LogP contribution in [0.25, 0.3) is 10.1 Å². The second kappa shape index (κ2) is 6.25. The van der Waals surface area contributed by atoms with Crippen LogP contribution >= 0.6 is 11.3 Å². The number of hydrogen-bond acceptors (Lipinski definition) is 2. The minimum atomic E-state index is -0.0708. The first-order chi connectivity index (χ1) is 10.3. The number of amides is 1. The first-order valence-electron chi connectivity index (χ1n) is 6.63. The molecule has 0 aliphatic heterocycles. The van der Waals surface area contributed by atoms with Crippen LogP contribution in [0.1, 0.15) is 15.2 Å². The van der Waals surface area contributed by atoms with Crippen LogP contribution in [0.5, 0.6) is 0 Å². The summed E-state index contributed by atoms with van der Waals surface area (Å²) in [5, 5.41) is 3.93. The van der Waals surface area contributed by atoms with Gasteiger partial charge in [-0.25, -0.2) is 0 Å². The molecule has 3 heteroatoms. The Bertz CT molecular complexity index is 791. The summed E-state index contributed by atoms with van der Waals surface area (Å²) in [5.41, 5.74) is 0.952. The minimum Gasteiger partial charge on any atom is -0.340 e. The van der Waals surface area contributed by atoms with E-state index in [-0.39, 0.29) is 5.91 Å². The molecule has 0 saturated carbocycles. The first-order valence-corrected chi connectivity index (χ1v) is 7.45. The molecule has 1 N–H and O–H groups in total. The molecule has 0 bridgehead atoms. The van der Waals surface area contributed by atoms with Crippen molar-refractivity contribution in [1.82, 2.24) is 5.32 Å². The molecule has 0 fully saturated rings. The highest BCUT2D eigenvalue weighted by Gasteiger charge is 2.08. The maximum atomic E-state index is 12.1. The molecular weight excluding hydrogens is 278 g/mol. The van der Waals surface area contributed by atoms with Crippen LogP contribution in [0.15, 0.2) is 60.7 Å². The van der Waals surface area contributed by atoms with E-state index in [0.717, 1.165) is 20.5 Å². The van der Waals surface area contributed by atoms with Gasteiger partial charge in [0.05, 0.1) is 11.4 Å². The summed E-state index contributed by atoms with van der Waals surface area (Å²) < 4.78 is 1.12. The van der Waals surface area contributed by atoms with Crippen LogP contribution in [0.4, 0.5) is 0 Å². The summed E-state index contributed by atoms with van der Waals surface area (Å²) in [6, 6.07) is 19.6. The molecule has 2 aromatic carbocycles. The van der Waals surface area contributed by atoms with Gasteiger partial charge in [0.2, 0.25) is 0 Å². The summed E-state index contributed by atoms with van der Waals surface area (Å²) >= 11 is 1.50. The lowest BCUT2D eigenvalue weighted by Gasteiger charge is -1.96. The number of nitrogens with one attached hydrogen (secondary N) is 1. The van der Waals surface area contributed by atoms with Crippen LogP contribution in [-0.4, -0.2) is 12.5 Å². The van der Waals surface area contributed by atoms with E-state index < -0.39 is 0 Å². The number of hydrogen-bond donors (Lipinski definition) is 1. The van der Waals surface area contributed by atoms with Crippen molar-refractivity contribution in [2.24, 2.45) is 0 Å². The lowest BCUT2D eigenvalue weighted by atomic mass is 10.2. The Hall–Kier alpha value is -2.57. The predicted octanol–water partition coefficient (Wildman–Crippen LogP) is 3.68. The minimum absolute atomic E-state index is 0.0708. The number of rotatable bonds is 2. The lowest BCUT2D eigenvalue weighted by molar-refractivity contribution is 0.0963. The zero-order valence-electron chi connectivity index (χ0n) is 11.3. The second-order valence-corrected chi connectivity index (χ2v) is 5.58. The third-order valence-electron chi connectivity index (χ3n) is 2.99. The molecule has 102 valence electrons. The average molecular weight is 291 g/mol. The number of thiophene rings is 1. The summed E-state index contributed by atoms with van der Waals surface area (Å²) in [4.78, 5) is 12.8. The molecule has 1 aromatic heterocycles. The van der Waals surface area contributed by atoms with E-state index in [0.29, 0.717) is 6.54 Å². The highest BCUT2D eigenvalue weighted by molar-refractivity contribution is 7.20. The maximum absolute atomic E-state index is 12.1. The quantitative estimate of drug-likeness (QED) is 0.717. The maximum Gasteiger partial charge on any atom is 0.262 e. The topological polar surface area (TPSA) is 29.1 Å². The van der Waals surface area contributed by atoms with Crippen molar-refractivity contribution >= 4 is 27.3 Å². The number of benzene rings is 2. The Morgan fingerprint density at radius 3 is 2.62 bits per heavy atom. The zero-order chi connectivity index (χ0) is 14.5. The van der Waals surface area contributed by atoms with E-state index in [2.05, 4.69) is 17.2 Å². The predicted molar refractivity (Wildman–Crippen MR) is 87.5 cm³/mol. The van der Waals surface area contributed by atoms with Gasteiger partial charge < -0.3 is 5.32 Å². The molecular formula is C18H13NOS. The van der Waals surface area contributed by atoms with Gasteiger partial charge in [-0.15, -0.1) is 11.3 Å². The van der Waals surface area contributed by atoms with Crippen molar-refractivity contribution < 1.29 is 4.79 Å². The van der Waals surface area contributed by atoms with Crippen molar-refractivity contribution in [1.29, 1.82) is 0 Å². The average Bonchev–Trinajstić information content (AvgIpc) is 2.96. The van der Waals surface area contributed by atoms with Crippen molar-refractivity contribution in [3.05, 3.63) is 71.1 Å². The van der Waals surface area contributed by atoms with Gasteiger partial charge in [-0.1, -0.05) is 48.2 Å². The number of fused-ring (bicyclic) bond motifs is 1. The number of carbonyl (C=O) groups is 1. The molecule has 1 amide bonds. The number of carbonyl (C=O) groups excluding carboxylic acids is 1. The third kappa shape index (κ3) is 3.31. The van der Waals surface area contributed by atoms with E-state index >= 15 is 0 Å². The Kier molecular flexibility index (Phi) is 3.99. The van der Waals surface area contributed by atoms with Gasteiger partial charge in [0, 0.05) is 10.3 Å². The smallest absolute Gasteiger partial charge is 0.262 e. The van der Waals surface area contributed by atoms with E-state index in [1.54, 1.807) is 0 Å². The highest BCUT2D eigenvalue weighted by Crippen LogP contribution is 2.24. The highest BCUT2D eigenvalue weighted by atomic mass is 32.1. The molecule has 0 aliphatic rings. The standard InChI is InChI=1S/C18H13NOS/c20-18(17-13-15-10-4-5-11-16(15)21-17)19-12-6-9-14-7-2-1-3-8-14/h1-5,7-8,10-11,13H,12H2,(H,19,20). The summed E-state index contributed by atoms with van der Waals surface area (Å²) in [7, 11) is 0. The summed E-state index contributed by atoms with van der Waals surface area (Å²) in [6.45, 7) is 0.349. The van der Waals surface area contributed by atoms with Crippen LogP contribution in [0, 0.1) is 11.8 Å². The molecule has 0 radical (unpaired) electrons. The Morgan fingerprint density at radius 2 is 1.81 bits per heavy atom. The molecule has 0 atom stereocenters. The Balaban J connectivity index is 1.63. The van der Waals surface area contributed by atoms with Gasteiger partial charge in [0.15, 0.2) is 0 Å². The fourth-order valence-electron chi connectivity index (χ4n) is 1.97. The molecule has 2 nitrogen and oxygen atoms in total. The Labute approximate surface area is 127 Å². The largest absolute Gasteiger partial charge is 0.340 e. The van der Waals surface area contributed by atoms with Crippen LogP contribution < -0.4 is 5.32 Å². The van der Waals surface area contributed by atoms with Gasteiger partial charge in [0.25, 0.3) is 5.91 Å². The summed E-state index contributed by atoms with van der Waals surface area (Å²) in [5.74, 6) is 5.90. The SMILES string of the molecule is O=C(NCC#Cc1ccccc1)c1cc2ccccc2s1. The van der Waals surface area contributed by atoms with E-state index in [1.807, 2.05) is 60.7 Å². The third-order valence-corrected chi connectivity index (χ3v) is 4.11. The molecule has 3 aromatic rings. The molecule has 0 saturated heterocycles. The molecule has 1 heterocycles. The fraction of sp³-hybridized carbons (Fsp3) is 0.0556. The van der Waals surface area contributed by atoms with E-state index in [1.165, 1.54) is 11.3 Å². The first kappa shape index (κ1) is 13.4. The molecule has 21 heavy (non-hydrogen) atoms. The van der Waals surface area contributed by atoms with Crippen molar-refractivity contribution in [2.75, 3.05) is 6.54 Å². The van der Waals surface area contributed by atoms with Crippen molar-refractivity contribution in [3.8, 4) is 11.8 Å². The van der Waals surface area contributed by atoms with Gasteiger partial charge in [-0.2, -0.15) is 0 Å². The molecule has 0 unspecified atom stereocenters. The normalized spacial score (nSPS) is 9.90. The monoisotopic (exact) mass is 291 g/mol. The lowest BCUT2D eigenvalue weighted by Crippen LogP contribution is -2.22. The van der Waals surface area contributed by atoms with Gasteiger partial charge in [0.1, 0.15) is 0 Å². The van der Waals surface area contributed by atoms with Crippen LogP contribution in [0.3, 0.4) is 0 Å². The zero-order valence-corrected chi connectivity index (χ0v) is 12.1. The molecule has 3 rings (SSSR count). The van der Waals surface area contributed by atoms with Crippen molar-refractivity contribution in [2.45, 2.75) is 0 Å². The Morgan fingerprint density at radius 1 is 1.05 bits per heavy atom. The van der Waals surface area contributed by atoms with Gasteiger partial charge >= 0.3 is 0 Å². The second-order valence-electron chi connectivity index (χ2n) is 4.50. The molecule has 0 spiro atoms. The molecule has 0 aliphatic carbocycles. The van der Waals surface area contributed by atoms with E-state index in [9.17, 15) is 4.79 Å². The van der Waals surface area contributed by atoms with Crippen LogP contribution in [0.2, 0.25) is 0 Å². The summed E-state index contributed by atoms with van der Waals surface area (Å²) in [6.07, 6.45) is 0.